The second-order valence-corrected chi connectivity index (χ2v) is 6.54. The van der Waals surface area contributed by atoms with E-state index >= 15 is 0 Å². The number of nitro benzene ring substituents is 1. The second kappa shape index (κ2) is 7.18. The van der Waals surface area contributed by atoms with Crippen molar-refractivity contribution in [2.24, 2.45) is 0 Å². The predicted molar refractivity (Wildman–Crippen MR) is 87.8 cm³/mol. The minimum absolute atomic E-state index is 0.224. The van der Waals surface area contributed by atoms with Crippen molar-refractivity contribution in [2.75, 3.05) is 11.3 Å². The summed E-state index contributed by atoms with van der Waals surface area (Å²) in [5.74, 6) is -0.248. The first-order valence-electron chi connectivity index (χ1n) is 7.07. The summed E-state index contributed by atoms with van der Waals surface area (Å²) in [5.41, 5.74) is -0.463. The molecule has 0 atom stereocenters. The van der Waals surface area contributed by atoms with Gasteiger partial charge in [-0.3, -0.25) is 14.8 Å². The largest absolute Gasteiger partial charge is 0.502 e. The molecule has 0 unspecified atom stereocenters. The van der Waals surface area contributed by atoms with Gasteiger partial charge in [-0.1, -0.05) is 19.1 Å². The maximum atomic E-state index is 12.4. The fraction of sp³-hybridized carbons (Fsp3) is 0.200. The molecule has 0 saturated heterocycles. The monoisotopic (exact) mass is 352 g/mol. The third kappa shape index (κ3) is 3.93. The number of rotatable bonds is 7. The number of ether oxygens (including phenoxy) is 1. The van der Waals surface area contributed by atoms with Gasteiger partial charge in [0, 0.05) is 6.07 Å². The lowest BCUT2D eigenvalue weighted by Crippen LogP contribution is -2.14. The lowest BCUT2D eigenvalue weighted by Gasteiger charge is -2.13. The summed E-state index contributed by atoms with van der Waals surface area (Å²) < 4.78 is 32.7. The topological polar surface area (TPSA) is 119 Å². The number of para-hydroxylation sites is 2. The van der Waals surface area contributed by atoms with Crippen molar-refractivity contribution in [2.45, 2.75) is 18.2 Å². The first-order valence-corrected chi connectivity index (χ1v) is 8.55. The molecule has 0 saturated carbocycles. The quantitative estimate of drug-likeness (QED) is 0.584. The summed E-state index contributed by atoms with van der Waals surface area (Å²) in [7, 11) is -4.08. The van der Waals surface area contributed by atoms with Crippen molar-refractivity contribution in [3.63, 3.8) is 0 Å². The molecule has 128 valence electrons. The number of hydrogen-bond donors (Lipinski definition) is 2. The van der Waals surface area contributed by atoms with Crippen LogP contribution in [0.4, 0.5) is 11.4 Å². The molecule has 0 bridgehead atoms. The number of sulfonamides is 1. The Balaban J connectivity index is 2.36. The second-order valence-electron chi connectivity index (χ2n) is 4.86. The van der Waals surface area contributed by atoms with Crippen LogP contribution in [0.25, 0.3) is 0 Å². The highest BCUT2D eigenvalue weighted by Gasteiger charge is 2.22. The van der Waals surface area contributed by atoms with E-state index in [0.29, 0.717) is 12.4 Å². The van der Waals surface area contributed by atoms with Gasteiger partial charge in [-0.2, -0.15) is 0 Å². The Morgan fingerprint density at radius 1 is 1.25 bits per heavy atom. The average molecular weight is 352 g/mol. The molecule has 0 aliphatic heterocycles. The van der Waals surface area contributed by atoms with Gasteiger partial charge in [0.15, 0.2) is 5.75 Å². The van der Waals surface area contributed by atoms with E-state index in [0.717, 1.165) is 24.6 Å². The maximum absolute atomic E-state index is 12.4. The fourth-order valence-corrected chi connectivity index (χ4v) is 3.00. The number of hydrogen-bond acceptors (Lipinski definition) is 6. The highest BCUT2D eigenvalue weighted by atomic mass is 32.2. The lowest BCUT2D eigenvalue weighted by atomic mass is 10.3. The first kappa shape index (κ1) is 17.5. The van der Waals surface area contributed by atoms with Gasteiger partial charge < -0.3 is 9.84 Å². The van der Waals surface area contributed by atoms with Gasteiger partial charge in [0.05, 0.1) is 22.1 Å². The number of phenolic OH excluding ortho intramolecular Hbond substituents is 1. The van der Waals surface area contributed by atoms with Crippen molar-refractivity contribution in [3.8, 4) is 11.5 Å². The maximum Gasteiger partial charge on any atom is 0.312 e. The highest BCUT2D eigenvalue weighted by molar-refractivity contribution is 7.92. The molecule has 0 aliphatic rings. The van der Waals surface area contributed by atoms with Crippen LogP contribution in [0.1, 0.15) is 13.3 Å². The zero-order valence-corrected chi connectivity index (χ0v) is 13.6. The molecule has 0 aliphatic carbocycles. The number of anilines is 1. The highest BCUT2D eigenvalue weighted by Crippen LogP contribution is 2.31. The van der Waals surface area contributed by atoms with Crippen molar-refractivity contribution in [1.29, 1.82) is 0 Å². The zero-order valence-electron chi connectivity index (χ0n) is 12.8. The SMILES string of the molecule is CCCOc1ccccc1NS(=O)(=O)c1ccc(O)c([N+](=O)[O-])c1. The predicted octanol–water partition coefficient (Wildman–Crippen LogP) is 2.89. The molecular formula is C15H16N2O6S. The number of aromatic hydroxyl groups is 1. The van der Waals surface area contributed by atoms with Crippen LogP contribution in [-0.4, -0.2) is 25.1 Å². The number of benzene rings is 2. The van der Waals surface area contributed by atoms with Crippen LogP contribution in [0.15, 0.2) is 47.4 Å². The smallest absolute Gasteiger partial charge is 0.312 e. The van der Waals surface area contributed by atoms with E-state index in [9.17, 15) is 23.6 Å². The first-order chi connectivity index (χ1) is 11.3. The van der Waals surface area contributed by atoms with Crippen LogP contribution in [0.2, 0.25) is 0 Å². The summed E-state index contributed by atoms with van der Waals surface area (Å²) in [4.78, 5) is 9.65. The summed E-state index contributed by atoms with van der Waals surface area (Å²) in [5, 5.41) is 20.3. The van der Waals surface area contributed by atoms with E-state index < -0.39 is 26.4 Å². The van der Waals surface area contributed by atoms with Gasteiger partial charge >= 0.3 is 5.69 Å². The molecule has 24 heavy (non-hydrogen) atoms. The van der Waals surface area contributed by atoms with Gasteiger partial charge in [-0.15, -0.1) is 0 Å². The van der Waals surface area contributed by atoms with E-state index in [-0.39, 0.29) is 10.6 Å². The molecule has 9 heteroatoms. The molecule has 2 aromatic carbocycles. The molecule has 2 aromatic rings. The van der Waals surface area contributed by atoms with E-state index in [1.165, 1.54) is 6.07 Å². The van der Waals surface area contributed by atoms with Crippen LogP contribution in [-0.2, 0) is 10.0 Å². The van der Waals surface area contributed by atoms with Gasteiger partial charge in [-0.25, -0.2) is 8.42 Å². The van der Waals surface area contributed by atoms with Crippen LogP contribution < -0.4 is 9.46 Å². The summed E-state index contributed by atoms with van der Waals surface area (Å²) in [6, 6.07) is 9.33. The van der Waals surface area contributed by atoms with Gasteiger partial charge in [-0.05, 0) is 30.7 Å². The molecule has 0 fully saturated rings. The Morgan fingerprint density at radius 2 is 1.96 bits per heavy atom. The summed E-state index contributed by atoms with van der Waals surface area (Å²) in [6.07, 6.45) is 0.755. The molecule has 0 radical (unpaired) electrons. The van der Waals surface area contributed by atoms with E-state index in [4.69, 9.17) is 4.74 Å². The fourth-order valence-electron chi connectivity index (χ4n) is 1.91. The van der Waals surface area contributed by atoms with E-state index in [1.54, 1.807) is 18.2 Å². The minimum Gasteiger partial charge on any atom is -0.502 e. The average Bonchev–Trinajstić information content (AvgIpc) is 2.53. The van der Waals surface area contributed by atoms with Crippen LogP contribution in [0.3, 0.4) is 0 Å². The number of nitrogens with one attached hydrogen (secondary N) is 1. The molecule has 2 rings (SSSR count). The third-order valence-electron chi connectivity index (χ3n) is 3.05. The molecular weight excluding hydrogens is 336 g/mol. The van der Waals surface area contributed by atoms with Crippen LogP contribution >= 0.6 is 0 Å². The van der Waals surface area contributed by atoms with Crippen molar-refractivity contribution >= 4 is 21.4 Å². The molecule has 0 aromatic heterocycles. The van der Waals surface area contributed by atoms with Gasteiger partial charge in [0.25, 0.3) is 10.0 Å². The van der Waals surface area contributed by atoms with Crippen LogP contribution in [0, 0.1) is 10.1 Å². The van der Waals surface area contributed by atoms with Crippen LogP contribution in [0.5, 0.6) is 11.5 Å². The van der Waals surface area contributed by atoms with Crippen molar-refractivity contribution in [1.82, 2.24) is 0 Å². The summed E-state index contributed by atoms with van der Waals surface area (Å²) in [6.45, 7) is 2.34. The van der Waals surface area contributed by atoms with Crippen molar-refractivity contribution in [3.05, 3.63) is 52.6 Å². The number of phenols is 1. The third-order valence-corrected chi connectivity index (χ3v) is 4.41. The van der Waals surface area contributed by atoms with Crippen molar-refractivity contribution < 1.29 is 23.2 Å². The summed E-state index contributed by atoms with van der Waals surface area (Å²) >= 11 is 0. The normalized spacial score (nSPS) is 11.0. The molecule has 8 nitrogen and oxygen atoms in total. The van der Waals surface area contributed by atoms with Gasteiger partial charge in [0.1, 0.15) is 5.75 Å². The Labute approximate surface area is 138 Å². The molecule has 0 amide bonds. The molecule has 0 heterocycles. The lowest BCUT2D eigenvalue weighted by molar-refractivity contribution is -0.386. The Kier molecular flexibility index (Phi) is 5.24. The Bertz CT molecular complexity index is 851. The number of nitro groups is 1. The zero-order chi connectivity index (χ0) is 17.7. The van der Waals surface area contributed by atoms with E-state index in [1.807, 2.05) is 6.92 Å². The van der Waals surface area contributed by atoms with Gasteiger partial charge in [0.2, 0.25) is 0 Å². The standard InChI is InChI=1S/C15H16N2O6S/c1-2-9-23-15-6-4-3-5-12(15)16-24(21,22)11-7-8-14(18)13(10-11)17(19)20/h3-8,10,16,18H,2,9H2,1H3. The number of nitrogens with zero attached hydrogens (tertiary/aromatic N) is 1. The minimum atomic E-state index is -4.08. The van der Waals surface area contributed by atoms with E-state index in [2.05, 4.69) is 4.72 Å². The molecule has 0 spiro atoms. The Hall–Kier alpha value is -2.81. The Morgan fingerprint density at radius 3 is 2.62 bits per heavy atom. The molecule has 2 N–H and O–H groups in total.